The summed E-state index contributed by atoms with van der Waals surface area (Å²) in [6, 6.07) is 13.4. The van der Waals surface area contributed by atoms with Crippen molar-refractivity contribution in [3.8, 4) is 0 Å². The summed E-state index contributed by atoms with van der Waals surface area (Å²) in [5.74, 6) is 1.13. The van der Waals surface area contributed by atoms with E-state index in [1.54, 1.807) is 19.4 Å². The van der Waals surface area contributed by atoms with E-state index in [2.05, 4.69) is 15.4 Å². The number of benzene rings is 2. The number of nitrogens with one attached hydrogen (secondary N) is 2. The van der Waals surface area contributed by atoms with Gasteiger partial charge in [0.05, 0.1) is 24.0 Å². The number of nitrogens with two attached hydrogens (primary N) is 1. The van der Waals surface area contributed by atoms with Crippen LogP contribution in [0.1, 0.15) is 5.56 Å². The minimum absolute atomic E-state index is 0.462. The maximum atomic E-state index is 7.80. The average molecular weight is 416 g/mol. The molecule has 4 N–H and O–H groups in total. The molecule has 9 nitrogen and oxygen atoms in total. The minimum atomic E-state index is 0.462. The Labute approximate surface area is 180 Å². The quantitative estimate of drug-likeness (QED) is 0.297. The lowest BCUT2D eigenvalue weighted by molar-refractivity contribution is 0.207. The lowest BCUT2D eigenvalue weighted by atomic mass is 10.1. The molecule has 0 saturated heterocycles. The van der Waals surface area contributed by atoms with Crippen molar-refractivity contribution in [1.29, 1.82) is 5.41 Å². The summed E-state index contributed by atoms with van der Waals surface area (Å²) in [6.45, 7) is 1.02. The molecule has 0 aliphatic heterocycles. The summed E-state index contributed by atoms with van der Waals surface area (Å²) in [6.07, 6.45) is 4.78. The average Bonchev–Trinajstić information content (AvgIpc) is 3.14. The van der Waals surface area contributed by atoms with E-state index in [9.17, 15) is 0 Å². The maximum Gasteiger partial charge on any atom is 0.229 e. The van der Waals surface area contributed by atoms with Gasteiger partial charge in [0.2, 0.25) is 5.95 Å². The summed E-state index contributed by atoms with van der Waals surface area (Å²) < 4.78 is 7.12. The van der Waals surface area contributed by atoms with Gasteiger partial charge >= 0.3 is 0 Å². The summed E-state index contributed by atoms with van der Waals surface area (Å²) >= 11 is 0. The van der Waals surface area contributed by atoms with Gasteiger partial charge in [0.15, 0.2) is 0 Å². The van der Waals surface area contributed by atoms with Gasteiger partial charge in [0.1, 0.15) is 5.82 Å². The van der Waals surface area contributed by atoms with Gasteiger partial charge < -0.3 is 26.1 Å². The van der Waals surface area contributed by atoms with Crippen molar-refractivity contribution >= 4 is 45.9 Å². The Bertz CT molecular complexity index is 1220. The van der Waals surface area contributed by atoms with Crippen LogP contribution < -0.4 is 16.0 Å². The number of aromatic nitrogens is 4. The second-order valence-corrected chi connectivity index (χ2v) is 6.97. The molecular weight excluding hydrogens is 392 g/mol. The van der Waals surface area contributed by atoms with Gasteiger partial charge in [0, 0.05) is 55.4 Å². The normalized spacial score (nSPS) is 10.9. The molecule has 0 bridgehead atoms. The molecule has 0 radical (unpaired) electrons. The molecule has 0 saturated carbocycles. The van der Waals surface area contributed by atoms with Crippen LogP contribution in [0.4, 0.5) is 28.8 Å². The number of rotatable bonds is 8. The molecule has 2 aromatic carbocycles. The molecular formula is C22H24N8O. The number of nitrogens with zero attached hydrogens (tertiary/aromatic N) is 5. The number of hydrogen-bond donors (Lipinski definition) is 3. The van der Waals surface area contributed by atoms with Gasteiger partial charge in [-0.2, -0.15) is 10.1 Å². The van der Waals surface area contributed by atoms with E-state index in [0.717, 1.165) is 22.3 Å². The fourth-order valence-electron chi connectivity index (χ4n) is 3.43. The number of methoxy groups -OCH3 is 1. The lowest BCUT2D eigenvalue weighted by Gasteiger charge is -2.26. The van der Waals surface area contributed by atoms with E-state index in [-0.39, 0.29) is 0 Å². The third-order valence-electron chi connectivity index (χ3n) is 4.99. The molecule has 0 unspecified atom stereocenters. The third kappa shape index (κ3) is 4.17. The van der Waals surface area contributed by atoms with Gasteiger partial charge in [-0.15, -0.1) is 0 Å². The molecule has 0 aliphatic rings. The van der Waals surface area contributed by atoms with Crippen LogP contribution in [0.2, 0.25) is 0 Å². The van der Waals surface area contributed by atoms with Gasteiger partial charge in [-0.1, -0.05) is 6.07 Å². The van der Waals surface area contributed by atoms with Gasteiger partial charge in [0.25, 0.3) is 0 Å². The lowest BCUT2D eigenvalue weighted by Crippen LogP contribution is -2.24. The van der Waals surface area contributed by atoms with E-state index in [0.29, 0.717) is 36.2 Å². The summed E-state index contributed by atoms with van der Waals surface area (Å²) in [5.41, 5.74) is 9.96. The highest BCUT2D eigenvalue weighted by molar-refractivity contribution is 5.94. The Morgan fingerprint density at radius 2 is 2.13 bits per heavy atom. The highest BCUT2D eigenvalue weighted by Crippen LogP contribution is 2.30. The molecule has 4 rings (SSSR count). The van der Waals surface area contributed by atoms with Crippen LogP contribution in [0.5, 0.6) is 0 Å². The Kier molecular flexibility index (Phi) is 5.76. The first-order valence-corrected chi connectivity index (χ1v) is 9.78. The zero-order valence-corrected chi connectivity index (χ0v) is 17.4. The summed E-state index contributed by atoms with van der Waals surface area (Å²) in [5, 5.41) is 16.4. The topological polar surface area (TPSA) is 118 Å². The zero-order chi connectivity index (χ0) is 21.8. The first-order chi connectivity index (χ1) is 15.1. The second kappa shape index (κ2) is 8.80. The van der Waals surface area contributed by atoms with Crippen LogP contribution in [0.3, 0.4) is 0 Å². The number of nitrogen functional groups attached to an aromatic ring is 1. The molecule has 158 valence electrons. The van der Waals surface area contributed by atoms with Gasteiger partial charge in [-0.3, -0.25) is 4.68 Å². The minimum Gasteiger partial charge on any atom is -0.398 e. The molecule has 2 aromatic heterocycles. The number of ether oxygens (including phenoxy) is 1. The van der Waals surface area contributed by atoms with Crippen LogP contribution in [-0.2, 0) is 11.8 Å². The summed E-state index contributed by atoms with van der Waals surface area (Å²) in [7, 11) is 3.56. The third-order valence-corrected chi connectivity index (χ3v) is 4.99. The summed E-state index contributed by atoms with van der Waals surface area (Å²) in [4.78, 5) is 11.0. The van der Waals surface area contributed by atoms with E-state index < -0.39 is 0 Å². The number of anilines is 5. The van der Waals surface area contributed by atoms with Crippen molar-refractivity contribution < 1.29 is 4.74 Å². The van der Waals surface area contributed by atoms with Crippen molar-refractivity contribution in [2.45, 2.75) is 0 Å². The monoisotopic (exact) mass is 416 g/mol. The highest BCUT2D eigenvalue weighted by Gasteiger charge is 2.16. The molecule has 31 heavy (non-hydrogen) atoms. The maximum absolute atomic E-state index is 7.80. The molecule has 0 fully saturated rings. The Balaban J connectivity index is 1.68. The van der Waals surface area contributed by atoms with E-state index in [1.807, 2.05) is 59.2 Å². The standard InChI is InChI=1S/C22H24N8O/c1-29-19-7-6-16(12-15(19)14-26-29)27-22-25-9-8-21(28-22)30(10-11-31-2)20-5-3-4-18(24)17(20)13-23/h3-9,12-14,23H,10-11,24H2,1-2H3,(H,25,27,28). The molecule has 9 heteroatoms. The Hall–Kier alpha value is -3.98. The van der Waals surface area contributed by atoms with Crippen LogP contribution in [0, 0.1) is 5.41 Å². The fourth-order valence-corrected chi connectivity index (χ4v) is 3.43. The molecule has 0 atom stereocenters. The Morgan fingerprint density at radius 1 is 1.26 bits per heavy atom. The molecule has 0 amide bonds. The smallest absolute Gasteiger partial charge is 0.229 e. The van der Waals surface area contributed by atoms with E-state index in [4.69, 9.17) is 20.9 Å². The van der Waals surface area contributed by atoms with Crippen LogP contribution in [0.25, 0.3) is 10.9 Å². The zero-order valence-electron chi connectivity index (χ0n) is 17.4. The number of aryl methyl sites for hydroxylation is 1. The van der Waals surface area contributed by atoms with Crippen LogP contribution >= 0.6 is 0 Å². The van der Waals surface area contributed by atoms with Crippen molar-refractivity contribution in [3.63, 3.8) is 0 Å². The molecule has 0 aliphatic carbocycles. The van der Waals surface area contributed by atoms with Crippen molar-refractivity contribution in [1.82, 2.24) is 19.7 Å². The van der Waals surface area contributed by atoms with E-state index in [1.165, 1.54) is 6.21 Å². The van der Waals surface area contributed by atoms with Crippen molar-refractivity contribution in [2.24, 2.45) is 7.05 Å². The van der Waals surface area contributed by atoms with Crippen molar-refractivity contribution in [3.05, 3.63) is 60.4 Å². The van der Waals surface area contributed by atoms with Crippen LogP contribution in [-0.4, -0.2) is 46.2 Å². The molecule has 2 heterocycles. The van der Waals surface area contributed by atoms with Gasteiger partial charge in [-0.25, -0.2) is 4.98 Å². The molecule has 4 aromatic rings. The van der Waals surface area contributed by atoms with Gasteiger partial charge in [-0.05, 0) is 36.4 Å². The molecule has 0 spiro atoms. The second-order valence-electron chi connectivity index (χ2n) is 6.97. The van der Waals surface area contributed by atoms with Crippen LogP contribution in [0.15, 0.2) is 54.9 Å². The Morgan fingerprint density at radius 3 is 2.94 bits per heavy atom. The SMILES string of the molecule is COCCN(c1ccnc(Nc2ccc3c(cnn3C)c2)n1)c1cccc(N)c1C=N. The predicted molar refractivity (Wildman–Crippen MR) is 124 cm³/mol. The fraction of sp³-hybridized carbons (Fsp3) is 0.182. The highest BCUT2D eigenvalue weighted by atomic mass is 16.5. The number of hydrogen-bond acceptors (Lipinski definition) is 8. The largest absolute Gasteiger partial charge is 0.398 e. The van der Waals surface area contributed by atoms with Crippen molar-refractivity contribution in [2.75, 3.05) is 36.2 Å². The first kappa shape index (κ1) is 20.3. The predicted octanol–water partition coefficient (Wildman–Crippen LogP) is 3.47. The first-order valence-electron chi connectivity index (χ1n) is 9.78. The van der Waals surface area contributed by atoms with E-state index >= 15 is 0 Å². The number of fused-ring (bicyclic) bond motifs is 1.